The van der Waals surface area contributed by atoms with Crippen molar-refractivity contribution in [3.63, 3.8) is 0 Å². The van der Waals surface area contributed by atoms with Crippen molar-refractivity contribution in [2.45, 2.75) is 63.5 Å². The van der Waals surface area contributed by atoms with Crippen molar-refractivity contribution in [3.05, 3.63) is 33.4 Å². The number of hydrogen-bond donors (Lipinski definition) is 2. The summed E-state index contributed by atoms with van der Waals surface area (Å²) in [5.74, 6) is -0.345. The van der Waals surface area contributed by atoms with Gasteiger partial charge >= 0.3 is 0 Å². The fourth-order valence-corrected chi connectivity index (χ4v) is 4.08. The first kappa shape index (κ1) is 17.7. The highest BCUT2D eigenvalue weighted by atomic mass is 16.6. The van der Waals surface area contributed by atoms with Crippen LogP contribution in [0.3, 0.4) is 0 Å². The number of nitro benzene ring substituents is 1. The molecule has 2 aliphatic rings. The van der Waals surface area contributed by atoms with Crippen LogP contribution in [0, 0.1) is 17.0 Å². The molecular weight excluding hydrogens is 322 g/mol. The molecule has 0 aromatic heterocycles. The summed E-state index contributed by atoms with van der Waals surface area (Å²) in [5, 5.41) is 14.1. The van der Waals surface area contributed by atoms with Gasteiger partial charge in [0.25, 0.3) is 11.6 Å². The Balaban J connectivity index is 1.75. The number of nitrogens with zero attached hydrogens (tertiary/aromatic N) is 1. The monoisotopic (exact) mass is 347 g/mol. The van der Waals surface area contributed by atoms with Crippen molar-refractivity contribution < 1.29 is 14.5 Å². The van der Waals surface area contributed by atoms with Gasteiger partial charge in [0.1, 0.15) is 5.69 Å². The average molecular weight is 347 g/mol. The van der Waals surface area contributed by atoms with E-state index in [2.05, 4.69) is 5.32 Å². The first-order valence-electron chi connectivity index (χ1n) is 8.89. The second-order valence-corrected chi connectivity index (χ2v) is 7.26. The molecule has 3 rings (SSSR count). The fourth-order valence-electron chi connectivity index (χ4n) is 4.08. The minimum atomic E-state index is -0.551. The summed E-state index contributed by atoms with van der Waals surface area (Å²) in [6.07, 6.45) is 7.20. The standard InChI is InChI=1S/C18H25N3O4/c1-12-9-14(16(19)15(10-12)21(23)24)17(22)20-13-5-8-25-18(11-13)6-3-2-4-7-18/h9-10,13H,2-8,11,19H2,1H3,(H,20,22)/t13-/m1/s1. The molecule has 1 aliphatic carbocycles. The number of aryl methyl sites for hydroxylation is 1. The van der Waals surface area contributed by atoms with E-state index in [0.29, 0.717) is 12.2 Å². The Morgan fingerprint density at radius 2 is 2.08 bits per heavy atom. The van der Waals surface area contributed by atoms with E-state index >= 15 is 0 Å². The minimum absolute atomic E-state index is 0.0123. The highest BCUT2D eigenvalue weighted by Gasteiger charge is 2.39. The van der Waals surface area contributed by atoms with Crippen LogP contribution in [-0.4, -0.2) is 29.1 Å². The Morgan fingerprint density at radius 3 is 2.76 bits per heavy atom. The van der Waals surface area contributed by atoms with Gasteiger partial charge < -0.3 is 15.8 Å². The molecular formula is C18H25N3O4. The Bertz CT molecular complexity index is 678. The molecule has 0 radical (unpaired) electrons. The van der Waals surface area contributed by atoms with E-state index in [1.54, 1.807) is 13.0 Å². The molecule has 1 aliphatic heterocycles. The van der Waals surface area contributed by atoms with Crippen LogP contribution in [0.2, 0.25) is 0 Å². The summed E-state index contributed by atoms with van der Waals surface area (Å²) in [4.78, 5) is 23.2. The van der Waals surface area contributed by atoms with Crippen LogP contribution in [0.5, 0.6) is 0 Å². The molecule has 1 amide bonds. The number of nitrogen functional groups attached to an aromatic ring is 1. The molecule has 2 fully saturated rings. The van der Waals surface area contributed by atoms with Gasteiger partial charge in [0.2, 0.25) is 0 Å². The van der Waals surface area contributed by atoms with E-state index in [1.165, 1.54) is 12.5 Å². The molecule has 1 saturated heterocycles. The third-order valence-electron chi connectivity index (χ3n) is 5.34. The van der Waals surface area contributed by atoms with Crippen molar-refractivity contribution in [1.82, 2.24) is 5.32 Å². The van der Waals surface area contributed by atoms with Crippen LogP contribution in [0.15, 0.2) is 12.1 Å². The number of carbonyl (C=O) groups is 1. The molecule has 136 valence electrons. The van der Waals surface area contributed by atoms with Crippen molar-refractivity contribution in [3.8, 4) is 0 Å². The van der Waals surface area contributed by atoms with Crippen molar-refractivity contribution >= 4 is 17.3 Å². The topological polar surface area (TPSA) is 107 Å². The maximum Gasteiger partial charge on any atom is 0.293 e. The number of anilines is 1. The van der Waals surface area contributed by atoms with E-state index in [4.69, 9.17) is 10.5 Å². The van der Waals surface area contributed by atoms with Gasteiger partial charge in [0, 0.05) is 18.7 Å². The largest absolute Gasteiger partial charge is 0.393 e. The van der Waals surface area contributed by atoms with Gasteiger partial charge in [-0.3, -0.25) is 14.9 Å². The predicted molar refractivity (Wildman–Crippen MR) is 94.5 cm³/mol. The minimum Gasteiger partial charge on any atom is -0.393 e. The number of benzene rings is 1. The van der Waals surface area contributed by atoms with Crippen LogP contribution >= 0.6 is 0 Å². The molecule has 3 N–H and O–H groups in total. The number of carbonyl (C=O) groups excluding carboxylic acids is 1. The van der Waals surface area contributed by atoms with Gasteiger partial charge in [-0.2, -0.15) is 0 Å². The quantitative estimate of drug-likeness (QED) is 0.496. The van der Waals surface area contributed by atoms with Crippen LogP contribution < -0.4 is 11.1 Å². The van der Waals surface area contributed by atoms with E-state index < -0.39 is 4.92 Å². The van der Waals surface area contributed by atoms with Crippen LogP contribution in [0.25, 0.3) is 0 Å². The highest BCUT2D eigenvalue weighted by molar-refractivity contribution is 6.01. The van der Waals surface area contributed by atoms with Gasteiger partial charge in [-0.15, -0.1) is 0 Å². The second kappa shape index (κ2) is 7.00. The number of nitro groups is 1. The molecule has 7 nitrogen and oxygen atoms in total. The summed E-state index contributed by atoms with van der Waals surface area (Å²) in [7, 11) is 0. The SMILES string of the molecule is Cc1cc(C(=O)N[C@@H]2CCOC3(CCCCC3)C2)c(N)c([N+](=O)[O-])c1. The van der Waals surface area contributed by atoms with Gasteiger partial charge in [-0.25, -0.2) is 0 Å². The first-order chi connectivity index (χ1) is 11.9. The summed E-state index contributed by atoms with van der Waals surface area (Å²) < 4.78 is 6.05. The maximum absolute atomic E-state index is 12.7. The zero-order chi connectivity index (χ0) is 18.0. The van der Waals surface area contributed by atoms with Crippen LogP contribution in [0.4, 0.5) is 11.4 Å². The summed E-state index contributed by atoms with van der Waals surface area (Å²) >= 11 is 0. The Morgan fingerprint density at radius 1 is 1.36 bits per heavy atom. The summed E-state index contributed by atoms with van der Waals surface area (Å²) in [6, 6.07) is 3.00. The number of ether oxygens (including phenoxy) is 1. The van der Waals surface area contributed by atoms with Crippen LogP contribution in [0.1, 0.15) is 60.9 Å². The molecule has 7 heteroatoms. The molecule has 25 heavy (non-hydrogen) atoms. The third kappa shape index (κ3) is 3.76. The molecule has 1 atom stereocenters. The smallest absolute Gasteiger partial charge is 0.293 e. The fraction of sp³-hybridized carbons (Fsp3) is 0.611. The van der Waals surface area contributed by atoms with E-state index in [0.717, 1.165) is 38.5 Å². The normalized spacial score (nSPS) is 22.5. The van der Waals surface area contributed by atoms with Crippen molar-refractivity contribution in [2.75, 3.05) is 12.3 Å². The molecule has 1 saturated carbocycles. The van der Waals surface area contributed by atoms with E-state index in [9.17, 15) is 14.9 Å². The number of rotatable bonds is 3. The molecule has 0 unspecified atom stereocenters. The molecule has 1 aromatic rings. The van der Waals surface area contributed by atoms with Crippen molar-refractivity contribution in [1.29, 1.82) is 0 Å². The summed E-state index contributed by atoms with van der Waals surface area (Å²) in [6.45, 7) is 2.35. The Labute approximate surface area is 147 Å². The number of nitrogens with one attached hydrogen (secondary N) is 1. The lowest BCUT2D eigenvalue weighted by atomic mass is 9.78. The first-order valence-corrected chi connectivity index (χ1v) is 8.89. The third-order valence-corrected chi connectivity index (χ3v) is 5.34. The second-order valence-electron chi connectivity index (χ2n) is 7.26. The zero-order valence-electron chi connectivity index (χ0n) is 14.5. The zero-order valence-corrected chi connectivity index (χ0v) is 14.5. The van der Waals surface area contributed by atoms with E-state index in [1.807, 2.05) is 0 Å². The molecule has 1 spiro atoms. The lowest BCUT2D eigenvalue weighted by Gasteiger charge is -2.43. The van der Waals surface area contributed by atoms with Gasteiger partial charge in [-0.05, 0) is 44.2 Å². The van der Waals surface area contributed by atoms with Crippen LogP contribution in [-0.2, 0) is 4.74 Å². The Hall–Kier alpha value is -2.15. The molecule has 0 bridgehead atoms. The van der Waals surface area contributed by atoms with Gasteiger partial charge in [0.05, 0.1) is 16.1 Å². The molecule has 1 heterocycles. The van der Waals surface area contributed by atoms with Gasteiger partial charge in [0.15, 0.2) is 0 Å². The number of nitrogens with two attached hydrogens (primary N) is 1. The Kier molecular flexibility index (Phi) is 4.94. The average Bonchev–Trinajstić information content (AvgIpc) is 2.57. The van der Waals surface area contributed by atoms with E-state index in [-0.39, 0.29) is 34.5 Å². The number of hydrogen-bond acceptors (Lipinski definition) is 5. The lowest BCUT2D eigenvalue weighted by Crippen LogP contribution is -2.49. The molecule has 1 aromatic carbocycles. The van der Waals surface area contributed by atoms with Crippen molar-refractivity contribution in [2.24, 2.45) is 0 Å². The number of amides is 1. The van der Waals surface area contributed by atoms with Gasteiger partial charge in [-0.1, -0.05) is 19.3 Å². The predicted octanol–water partition coefficient (Wildman–Crippen LogP) is 3.10. The maximum atomic E-state index is 12.7. The summed E-state index contributed by atoms with van der Waals surface area (Å²) in [5.41, 5.74) is 6.28. The lowest BCUT2D eigenvalue weighted by molar-refractivity contribution is -0.384. The highest BCUT2D eigenvalue weighted by Crippen LogP contribution is 2.38.